The topological polar surface area (TPSA) is 49.7 Å². The largest absolute Gasteiger partial charge is 0.480 e. The van der Waals surface area contributed by atoms with Crippen molar-refractivity contribution in [2.24, 2.45) is 10.4 Å². The Bertz CT molecular complexity index is 700. The zero-order chi connectivity index (χ0) is 20.1. The van der Waals surface area contributed by atoms with Crippen LogP contribution >= 0.6 is 0 Å². The molecular formula is C23H35NO2. The Labute approximate surface area is 159 Å². The van der Waals surface area contributed by atoms with Crippen molar-refractivity contribution in [3.05, 3.63) is 46.1 Å². The van der Waals surface area contributed by atoms with Gasteiger partial charge in [-0.15, -0.1) is 0 Å². The predicted molar refractivity (Wildman–Crippen MR) is 112 cm³/mol. The maximum atomic E-state index is 10.9. The molecule has 0 saturated carbocycles. The van der Waals surface area contributed by atoms with Gasteiger partial charge in [-0.25, -0.2) is 4.79 Å². The molecule has 0 aromatic carbocycles. The Balaban J connectivity index is 3.04. The Morgan fingerprint density at radius 3 is 2.23 bits per heavy atom. The molecule has 0 spiro atoms. The van der Waals surface area contributed by atoms with Crippen molar-refractivity contribution in [1.29, 1.82) is 0 Å². The number of hydrogen-bond acceptors (Lipinski definition) is 2. The van der Waals surface area contributed by atoms with E-state index in [0.29, 0.717) is 0 Å². The number of carbonyl (C=O) groups is 1. The number of allylic oxidation sites excluding steroid dienone is 8. The smallest absolute Gasteiger partial charge is 0.328 e. The van der Waals surface area contributed by atoms with Gasteiger partial charge >= 0.3 is 5.97 Å². The van der Waals surface area contributed by atoms with E-state index in [0.717, 1.165) is 11.3 Å². The van der Waals surface area contributed by atoms with Gasteiger partial charge in [-0.1, -0.05) is 37.6 Å². The number of carboxylic acids is 1. The maximum absolute atomic E-state index is 10.9. The molecule has 1 rings (SSSR count). The first-order chi connectivity index (χ1) is 12.0. The molecule has 0 aromatic rings. The minimum absolute atomic E-state index is 0.242. The van der Waals surface area contributed by atoms with E-state index in [4.69, 9.17) is 5.11 Å². The average Bonchev–Trinajstić information content (AvgIpc) is 2.54. The van der Waals surface area contributed by atoms with Crippen molar-refractivity contribution in [2.45, 2.75) is 80.7 Å². The third kappa shape index (κ3) is 6.12. The average molecular weight is 358 g/mol. The van der Waals surface area contributed by atoms with Crippen LogP contribution in [-0.2, 0) is 4.79 Å². The van der Waals surface area contributed by atoms with Gasteiger partial charge in [0.1, 0.15) is 6.04 Å². The number of hydrogen-bond donors (Lipinski definition) is 1. The molecule has 0 heterocycles. The molecule has 0 amide bonds. The summed E-state index contributed by atoms with van der Waals surface area (Å²) >= 11 is 0. The number of rotatable bonds is 6. The van der Waals surface area contributed by atoms with Crippen molar-refractivity contribution in [3.8, 4) is 0 Å². The van der Waals surface area contributed by atoms with Crippen LogP contribution in [0.5, 0.6) is 0 Å². The molecule has 3 heteroatoms. The van der Waals surface area contributed by atoms with Crippen LogP contribution in [0.15, 0.2) is 51.1 Å². The Morgan fingerprint density at radius 1 is 1.12 bits per heavy atom. The van der Waals surface area contributed by atoms with Crippen LogP contribution in [0.3, 0.4) is 0 Å². The van der Waals surface area contributed by atoms with Crippen LogP contribution in [0.25, 0.3) is 0 Å². The highest BCUT2D eigenvalue weighted by Crippen LogP contribution is 2.41. The van der Waals surface area contributed by atoms with Crippen LogP contribution in [0.1, 0.15) is 74.7 Å². The lowest BCUT2D eigenvalue weighted by Crippen LogP contribution is -2.19. The molecule has 0 radical (unpaired) electrons. The highest BCUT2D eigenvalue weighted by molar-refractivity contribution is 5.99. The SMILES string of the molecule is CC(=CC=C(C)C(C)=N[C@@H](C)C(=O)O)C(C)=CC1=C(C)CCCC1(C)C. The summed E-state index contributed by atoms with van der Waals surface area (Å²) in [5, 5.41) is 8.97. The van der Waals surface area contributed by atoms with Crippen molar-refractivity contribution < 1.29 is 9.90 Å². The third-order valence-electron chi connectivity index (χ3n) is 5.42. The van der Waals surface area contributed by atoms with E-state index in [1.807, 2.05) is 19.9 Å². The molecule has 0 aliphatic heterocycles. The van der Waals surface area contributed by atoms with Gasteiger partial charge < -0.3 is 5.11 Å². The van der Waals surface area contributed by atoms with Gasteiger partial charge in [0, 0.05) is 5.71 Å². The van der Waals surface area contributed by atoms with Crippen LogP contribution in [0.4, 0.5) is 0 Å². The molecule has 1 N–H and O–H groups in total. The van der Waals surface area contributed by atoms with Crippen LogP contribution in [0.2, 0.25) is 0 Å². The highest BCUT2D eigenvalue weighted by Gasteiger charge is 2.26. The summed E-state index contributed by atoms with van der Waals surface area (Å²) in [5.74, 6) is -0.901. The van der Waals surface area contributed by atoms with Crippen LogP contribution in [0, 0.1) is 5.41 Å². The normalized spacial score (nSPS) is 21.1. The van der Waals surface area contributed by atoms with Crippen LogP contribution in [-0.4, -0.2) is 22.8 Å². The molecule has 144 valence electrons. The van der Waals surface area contributed by atoms with Gasteiger partial charge in [-0.3, -0.25) is 4.99 Å². The number of aliphatic carboxylic acids is 1. The Kier molecular flexibility index (Phi) is 7.80. The van der Waals surface area contributed by atoms with Gasteiger partial charge in [-0.2, -0.15) is 0 Å². The van der Waals surface area contributed by atoms with E-state index in [1.165, 1.54) is 41.6 Å². The minimum Gasteiger partial charge on any atom is -0.480 e. The first-order valence-electron chi connectivity index (χ1n) is 9.47. The van der Waals surface area contributed by atoms with Gasteiger partial charge in [0.2, 0.25) is 0 Å². The minimum atomic E-state index is -0.901. The zero-order valence-electron chi connectivity index (χ0n) is 17.7. The van der Waals surface area contributed by atoms with Crippen molar-refractivity contribution in [1.82, 2.24) is 0 Å². The van der Waals surface area contributed by atoms with E-state index < -0.39 is 12.0 Å². The second-order valence-corrected chi connectivity index (χ2v) is 8.19. The zero-order valence-corrected chi connectivity index (χ0v) is 17.7. The molecular weight excluding hydrogens is 322 g/mol. The summed E-state index contributed by atoms with van der Waals surface area (Å²) in [6, 6.07) is -0.714. The summed E-state index contributed by atoms with van der Waals surface area (Å²) in [4.78, 5) is 15.1. The van der Waals surface area contributed by atoms with Gasteiger partial charge in [0.15, 0.2) is 0 Å². The monoisotopic (exact) mass is 357 g/mol. The summed E-state index contributed by atoms with van der Waals surface area (Å²) < 4.78 is 0. The molecule has 0 bridgehead atoms. The second-order valence-electron chi connectivity index (χ2n) is 8.19. The molecule has 3 nitrogen and oxygen atoms in total. The van der Waals surface area contributed by atoms with Crippen LogP contribution < -0.4 is 0 Å². The molecule has 0 unspecified atom stereocenters. The first-order valence-corrected chi connectivity index (χ1v) is 9.47. The lowest BCUT2D eigenvalue weighted by Gasteiger charge is -2.33. The Morgan fingerprint density at radius 2 is 1.69 bits per heavy atom. The Hall–Kier alpha value is -1.90. The lowest BCUT2D eigenvalue weighted by molar-refractivity contribution is -0.137. The quantitative estimate of drug-likeness (QED) is 0.449. The third-order valence-corrected chi connectivity index (χ3v) is 5.42. The standard InChI is InChI=1S/C23H35NO2/c1-15(11-12-16(2)19(5)24-20(6)22(25)26)18(4)14-21-17(3)10-9-13-23(21,7)8/h11-12,14,20H,9-10,13H2,1-8H3,(H,25,26)/t20-/m0/s1. The number of carboxylic acid groups (broad SMARTS) is 1. The summed E-state index contributed by atoms with van der Waals surface area (Å²) in [7, 11) is 0. The predicted octanol–water partition coefficient (Wildman–Crippen LogP) is 6.29. The van der Waals surface area contributed by atoms with Gasteiger partial charge in [-0.05, 0) is 88.5 Å². The number of aliphatic imine (C=N–C) groups is 1. The van der Waals surface area contributed by atoms with Crippen molar-refractivity contribution in [3.63, 3.8) is 0 Å². The maximum Gasteiger partial charge on any atom is 0.328 e. The molecule has 0 aromatic heterocycles. The fourth-order valence-electron chi connectivity index (χ4n) is 3.24. The first kappa shape index (κ1) is 22.1. The van der Waals surface area contributed by atoms with Gasteiger partial charge in [0.05, 0.1) is 0 Å². The highest BCUT2D eigenvalue weighted by atomic mass is 16.4. The molecule has 1 atom stereocenters. The molecule has 0 fully saturated rings. The fraction of sp³-hybridized carbons (Fsp3) is 0.565. The summed E-state index contributed by atoms with van der Waals surface area (Å²) in [6.45, 7) is 16.6. The fourth-order valence-corrected chi connectivity index (χ4v) is 3.24. The summed E-state index contributed by atoms with van der Waals surface area (Å²) in [6.07, 6.45) is 10.2. The second kappa shape index (κ2) is 9.16. The van der Waals surface area contributed by atoms with E-state index in [1.54, 1.807) is 6.92 Å². The van der Waals surface area contributed by atoms with E-state index in [-0.39, 0.29) is 5.41 Å². The summed E-state index contributed by atoms with van der Waals surface area (Å²) in [5.41, 5.74) is 7.45. The van der Waals surface area contributed by atoms with E-state index in [2.05, 4.69) is 51.8 Å². The number of nitrogens with zero attached hydrogens (tertiary/aromatic N) is 1. The van der Waals surface area contributed by atoms with Gasteiger partial charge in [0.25, 0.3) is 0 Å². The lowest BCUT2D eigenvalue weighted by atomic mass is 9.72. The van der Waals surface area contributed by atoms with E-state index >= 15 is 0 Å². The van der Waals surface area contributed by atoms with Crippen molar-refractivity contribution >= 4 is 11.7 Å². The molecule has 0 saturated heterocycles. The molecule has 1 aliphatic carbocycles. The molecule has 26 heavy (non-hydrogen) atoms. The van der Waals surface area contributed by atoms with Crippen molar-refractivity contribution in [2.75, 3.05) is 0 Å². The van der Waals surface area contributed by atoms with E-state index in [9.17, 15) is 4.79 Å². The molecule has 1 aliphatic rings.